The summed E-state index contributed by atoms with van der Waals surface area (Å²) in [5, 5.41) is 18.2. The fourth-order valence-electron chi connectivity index (χ4n) is 0.578. The van der Waals surface area contributed by atoms with Crippen molar-refractivity contribution in [2.75, 3.05) is 12.3 Å². The molecule has 0 heterocycles. The molecule has 0 bridgehead atoms. The van der Waals surface area contributed by atoms with E-state index in [0.29, 0.717) is 0 Å². The highest BCUT2D eigenvalue weighted by atomic mass is 32.2. The first-order chi connectivity index (χ1) is 6.43. The predicted molar refractivity (Wildman–Crippen MR) is 50.2 cm³/mol. The molecule has 0 radical (unpaired) electrons. The minimum Gasteiger partial charge on any atom is -0.481 e. The van der Waals surface area contributed by atoms with E-state index in [4.69, 9.17) is 10.2 Å². The fourth-order valence-corrected chi connectivity index (χ4v) is 1.21. The first kappa shape index (κ1) is 12.8. The van der Waals surface area contributed by atoms with E-state index in [2.05, 4.69) is 5.32 Å². The van der Waals surface area contributed by atoms with Crippen LogP contribution >= 0.6 is 11.8 Å². The lowest BCUT2D eigenvalue weighted by Crippen LogP contribution is -2.35. The van der Waals surface area contributed by atoms with Crippen molar-refractivity contribution in [1.29, 1.82) is 0 Å². The van der Waals surface area contributed by atoms with Crippen LogP contribution in [0.5, 0.6) is 0 Å². The molecule has 0 aromatic rings. The summed E-state index contributed by atoms with van der Waals surface area (Å²) in [7, 11) is 0. The third kappa shape index (κ3) is 6.30. The molecular weight excluding hydrogens is 210 g/mol. The van der Waals surface area contributed by atoms with E-state index < -0.39 is 29.6 Å². The molecule has 1 unspecified atom stereocenters. The van der Waals surface area contributed by atoms with Crippen molar-refractivity contribution in [3.8, 4) is 0 Å². The zero-order valence-electron chi connectivity index (χ0n) is 7.52. The average molecular weight is 221 g/mol. The fraction of sp³-hybridized carbons (Fsp3) is 0.571. The molecule has 0 aliphatic heterocycles. The van der Waals surface area contributed by atoms with Crippen LogP contribution < -0.4 is 5.32 Å². The highest BCUT2D eigenvalue weighted by molar-refractivity contribution is 8.01. The van der Waals surface area contributed by atoms with Crippen molar-refractivity contribution in [3.05, 3.63) is 0 Å². The number of carboxylic acids is 2. The third-order valence-corrected chi connectivity index (χ3v) is 2.37. The van der Waals surface area contributed by atoms with Gasteiger partial charge < -0.3 is 15.5 Å². The van der Waals surface area contributed by atoms with Gasteiger partial charge in [-0.2, -0.15) is 0 Å². The molecule has 0 spiro atoms. The summed E-state index contributed by atoms with van der Waals surface area (Å²) in [5.41, 5.74) is 0. The zero-order chi connectivity index (χ0) is 11.1. The molecule has 0 rings (SSSR count). The number of carboxylic acid groups (broad SMARTS) is 2. The number of aliphatic carboxylic acids is 2. The van der Waals surface area contributed by atoms with Crippen LogP contribution in [0.4, 0.5) is 0 Å². The summed E-state index contributed by atoms with van der Waals surface area (Å²) in [5.74, 6) is -2.79. The van der Waals surface area contributed by atoms with E-state index in [1.807, 2.05) is 0 Å². The van der Waals surface area contributed by atoms with Gasteiger partial charge in [0.15, 0.2) is 0 Å². The Morgan fingerprint density at radius 3 is 2.29 bits per heavy atom. The van der Waals surface area contributed by atoms with E-state index in [1.165, 1.54) is 6.92 Å². The molecular formula is C7H11NO5S. The van der Waals surface area contributed by atoms with Crippen molar-refractivity contribution in [1.82, 2.24) is 5.32 Å². The second kappa shape index (κ2) is 6.25. The standard InChI is InChI=1S/C7H11NO5S/c1-4(14-3-6(11)12)7(13)8-2-5(9)10/h4H,2-3H2,1H3,(H,8,13)(H,9,10)(H,11,12). The Hall–Kier alpha value is -1.24. The number of thioether (sulfide) groups is 1. The second-order valence-corrected chi connectivity index (χ2v) is 3.79. The Morgan fingerprint density at radius 1 is 1.29 bits per heavy atom. The van der Waals surface area contributed by atoms with Crippen LogP contribution in [0, 0.1) is 0 Å². The summed E-state index contributed by atoms with van der Waals surface area (Å²) in [6, 6.07) is 0. The molecule has 80 valence electrons. The van der Waals surface area contributed by atoms with Gasteiger partial charge in [-0.3, -0.25) is 14.4 Å². The van der Waals surface area contributed by atoms with Gasteiger partial charge in [0.25, 0.3) is 0 Å². The molecule has 3 N–H and O–H groups in total. The number of amides is 1. The van der Waals surface area contributed by atoms with Crippen LogP contribution in [0.15, 0.2) is 0 Å². The quantitative estimate of drug-likeness (QED) is 0.553. The molecule has 0 aromatic carbocycles. The van der Waals surface area contributed by atoms with Crippen LogP contribution in [0.2, 0.25) is 0 Å². The average Bonchev–Trinajstić information content (AvgIpc) is 2.09. The summed E-state index contributed by atoms with van der Waals surface area (Å²) in [6.07, 6.45) is 0. The minimum atomic E-state index is -1.13. The van der Waals surface area contributed by atoms with Crippen LogP contribution in [0.3, 0.4) is 0 Å². The van der Waals surface area contributed by atoms with Crippen molar-refractivity contribution < 1.29 is 24.6 Å². The van der Waals surface area contributed by atoms with Gasteiger partial charge in [0.2, 0.25) is 5.91 Å². The van der Waals surface area contributed by atoms with Crippen LogP contribution in [-0.2, 0) is 14.4 Å². The van der Waals surface area contributed by atoms with E-state index in [0.717, 1.165) is 11.8 Å². The van der Waals surface area contributed by atoms with Gasteiger partial charge in [-0.05, 0) is 6.92 Å². The van der Waals surface area contributed by atoms with E-state index in [1.54, 1.807) is 0 Å². The SMILES string of the molecule is CC(SCC(=O)O)C(=O)NCC(=O)O. The number of hydrogen-bond acceptors (Lipinski definition) is 4. The highest BCUT2D eigenvalue weighted by Crippen LogP contribution is 2.09. The number of hydrogen-bond donors (Lipinski definition) is 3. The largest absolute Gasteiger partial charge is 0.481 e. The number of carbonyl (C=O) groups is 3. The van der Waals surface area contributed by atoms with E-state index in [-0.39, 0.29) is 5.75 Å². The molecule has 0 aromatic heterocycles. The lowest BCUT2D eigenvalue weighted by atomic mass is 10.4. The Kier molecular flexibility index (Phi) is 5.70. The number of nitrogens with one attached hydrogen (secondary N) is 1. The second-order valence-electron chi connectivity index (χ2n) is 2.46. The van der Waals surface area contributed by atoms with Crippen molar-refractivity contribution in [2.24, 2.45) is 0 Å². The molecule has 0 saturated heterocycles. The Labute approximate surface area is 84.7 Å². The number of carbonyl (C=O) groups excluding carboxylic acids is 1. The van der Waals surface area contributed by atoms with Gasteiger partial charge in [-0.25, -0.2) is 0 Å². The first-order valence-corrected chi connectivity index (χ1v) is 4.81. The van der Waals surface area contributed by atoms with Crippen LogP contribution in [0.1, 0.15) is 6.92 Å². The maximum Gasteiger partial charge on any atom is 0.322 e. The monoisotopic (exact) mass is 221 g/mol. The zero-order valence-corrected chi connectivity index (χ0v) is 8.34. The third-order valence-electron chi connectivity index (χ3n) is 1.24. The summed E-state index contributed by atoms with van der Waals surface area (Å²) in [4.78, 5) is 31.3. The molecule has 0 fully saturated rings. The highest BCUT2D eigenvalue weighted by Gasteiger charge is 2.14. The molecule has 0 aliphatic carbocycles. The molecule has 1 amide bonds. The van der Waals surface area contributed by atoms with E-state index in [9.17, 15) is 14.4 Å². The molecule has 6 nitrogen and oxygen atoms in total. The minimum absolute atomic E-state index is 0.179. The molecule has 0 saturated carbocycles. The maximum atomic E-state index is 11.1. The predicted octanol–water partition coefficient (Wildman–Crippen LogP) is -0.606. The normalized spacial score (nSPS) is 11.8. The van der Waals surface area contributed by atoms with Gasteiger partial charge in [-0.15, -0.1) is 11.8 Å². The molecule has 0 aliphatic rings. The van der Waals surface area contributed by atoms with Gasteiger partial charge in [0.1, 0.15) is 6.54 Å². The Bertz CT molecular complexity index is 242. The van der Waals surface area contributed by atoms with Crippen molar-refractivity contribution in [2.45, 2.75) is 12.2 Å². The lowest BCUT2D eigenvalue weighted by molar-refractivity contribution is -0.138. The van der Waals surface area contributed by atoms with Crippen LogP contribution in [0.25, 0.3) is 0 Å². The smallest absolute Gasteiger partial charge is 0.322 e. The van der Waals surface area contributed by atoms with Gasteiger partial charge in [0, 0.05) is 0 Å². The first-order valence-electron chi connectivity index (χ1n) is 3.76. The summed E-state index contributed by atoms with van der Waals surface area (Å²) < 4.78 is 0. The molecule has 1 atom stereocenters. The van der Waals surface area contributed by atoms with Crippen molar-refractivity contribution in [3.63, 3.8) is 0 Å². The number of rotatable bonds is 6. The topological polar surface area (TPSA) is 104 Å². The molecule has 14 heavy (non-hydrogen) atoms. The maximum absolute atomic E-state index is 11.1. The Balaban J connectivity index is 3.76. The Morgan fingerprint density at radius 2 is 1.86 bits per heavy atom. The summed E-state index contributed by atoms with van der Waals surface area (Å²) >= 11 is 0.940. The lowest BCUT2D eigenvalue weighted by Gasteiger charge is -2.08. The van der Waals surface area contributed by atoms with Gasteiger partial charge in [0.05, 0.1) is 11.0 Å². The van der Waals surface area contributed by atoms with Crippen molar-refractivity contribution >= 4 is 29.6 Å². The molecule has 7 heteroatoms. The van der Waals surface area contributed by atoms with Gasteiger partial charge >= 0.3 is 11.9 Å². The summed E-state index contributed by atoms with van der Waals surface area (Å²) in [6.45, 7) is 1.07. The van der Waals surface area contributed by atoms with Gasteiger partial charge in [-0.1, -0.05) is 0 Å². The van der Waals surface area contributed by atoms with E-state index >= 15 is 0 Å². The van der Waals surface area contributed by atoms with Crippen LogP contribution in [-0.4, -0.2) is 45.6 Å².